The lowest BCUT2D eigenvalue weighted by Gasteiger charge is -2.13. The lowest BCUT2D eigenvalue weighted by Crippen LogP contribution is -2.19. The molecule has 0 bridgehead atoms. The number of anilines is 1. The highest BCUT2D eigenvalue weighted by atomic mass is 16.1. The van der Waals surface area contributed by atoms with E-state index in [-0.39, 0.29) is 0 Å². The van der Waals surface area contributed by atoms with E-state index in [9.17, 15) is 4.79 Å². The molecule has 1 rings (SSSR count). The molecule has 5 nitrogen and oxygen atoms in total. The number of rotatable bonds is 5. The Morgan fingerprint density at radius 3 is 2.33 bits per heavy atom. The van der Waals surface area contributed by atoms with E-state index in [1.54, 1.807) is 0 Å². The Hall–Kier alpha value is -1.65. The summed E-state index contributed by atoms with van der Waals surface area (Å²) >= 11 is 0. The lowest BCUT2D eigenvalue weighted by molar-refractivity contribution is 0.0999. The van der Waals surface area contributed by atoms with Crippen LogP contribution >= 0.6 is 0 Å². The summed E-state index contributed by atoms with van der Waals surface area (Å²) in [5.41, 5.74) is 5.40. The zero-order valence-electron chi connectivity index (χ0n) is 9.03. The van der Waals surface area contributed by atoms with Crippen LogP contribution in [0.15, 0.2) is 12.4 Å². The highest BCUT2D eigenvalue weighted by Crippen LogP contribution is 2.06. The van der Waals surface area contributed by atoms with Gasteiger partial charge in [0.1, 0.15) is 0 Å². The third-order valence-electron chi connectivity index (χ3n) is 2.26. The van der Waals surface area contributed by atoms with Crippen molar-refractivity contribution in [1.82, 2.24) is 9.97 Å². The van der Waals surface area contributed by atoms with E-state index in [0.717, 1.165) is 12.8 Å². The SMILES string of the molecule is CCC(CC)Nc1ncc(C(N)=O)cn1. The minimum atomic E-state index is -0.510. The van der Waals surface area contributed by atoms with Crippen LogP contribution in [0.2, 0.25) is 0 Å². The minimum absolute atomic E-state index is 0.324. The summed E-state index contributed by atoms with van der Waals surface area (Å²) < 4.78 is 0. The Kier molecular flexibility index (Phi) is 4.03. The van der Waals surface area contributed by atoms with Gasteiger partial charge in [-0.15, -0.1) is 0 Å². The maximum atomic E-state index is 10.8. The molecule has 0 fully saturated rings. The molecule has 0 radical (unpaired) electrons. The van der Waals surface area contributed by atoms with Crippen LogP contribution < -0.4 is 11.1 Å². The molecule has 1 aromatic heterocycles. The molecular weight excluding hydrogens is 192 g/mol. The molecule has 0 aliphatic carbocycles. The number of primary amides is 1. The largest absolute Gasteiger partial charge is 0.366 e. The summed E-state index contributed by atoms with van der Waals surface area (Å²) in [5, 5.41) is 3.17. The van der Waals surface area contributed by atoms with E-state index in [1.165, 1.54) is 12.4 Å². The van der Waals surface area contributed by atoms with Gasteiger partial charge in [-0.3, -0.25) is 4.79 Å². The number of amides is 1. The van der Waals surface area contributed by atoms with Crippen LogP contribution in [-0.2, 0) is 0 Å². The van der Waals surface area contributed by atoms with Gasteiger partial charge in [-0.2, -0.15) is 0 Å². The van der Waals surface area contributed by atoms with Crippen molar-refractivity contribution in [2.45, 2.75) is 32.7 Å². The van der Waals surface area contributed by atoms with Gasteiger partial charge >= 0.3 is 0 Å². The highest BCUT2D eigenvalue weighted by Gasteiger charge is 2.06. The Morgan fingerprint density at radius 2 is 1.93 bits per heavy atom. The van der Waals surface area contributed by atoms with Gasteiger partial charge in [-0.25, -0.2) is 9.97 Å². The molecule has 1 aromatic rings. The number of hydrogen-bond acceptors (Lipinski definition) is 4. The maximum absolute atomic E-state index is 10.8. The van der Waals surface area contributed by atoms with Gasteiger partial charge < -0.3 is 11.1 Å². The number of hydrogen-bond donors (Lipinski definition) is 2. The molecule has 0 atom stereocenters. The lowest BCUT2D eigenvalue weighted by atomic mass is 10.2. The monoisotopic (exact) mass is 208 g/mol. The molecular formula is C10H16N4O. The van der Waals surface area contributed by atoms with E-state index in [0.29, 0.717) is 17.6 Å². The molecule has 0 aliphatic heterocycles. The predicted molar refractivity (Wildman–Crippen MR) is 58.5 cm³/mol. The first-order chi connectivity index (χ1) is 7.17. The van der Waals surface area contributed by atoms with Crippen LogP contribution in [0.25, 0.3) is 0 Å². The van der Waals surface area contributed by atoms with Crippen molar-refractivity contribution in [2.24, 2.45) is 5.73 Å². The normalized spacial score (nSPS) is 10.3. The fraction of sp³-hybridized carbons (Fsp3) is 0.500. The second-order valence-electron chi connectivity index (χ2n) is 3.32. The van der Waals surface area contributed by atoms with Crippen molar-refractivity contribution in [1.29, 1.82) is 0 Å². The zero-order valence-corrected chi connectivity index (χ0v) is 9.03. The molecule has 3 N–H and O–H groups in total. The molecule has 1 heterocycles. The van der Waals surface area contributed by atoms with Crippen LogP contribution in [0.5, 0.6) is 0 Å². The summed E-state index contributed by atoms with van der Waals surface area (Å²) in [5.74, 6) is 0.0257. The number of carbonyl (C=O) groups is 1. The Bertz CT molecular complexity index is 319. The second kappa shape index (κ2) is 5.29. The van der Waals surface area contributed by atoms with E-state index < -0.39 is 5.91 Å². The van der Waals surface area contributed by atoms with Crippen LogP contribution in [-0.4, -0.2) is 21.9 Å². The molecule has 15 heavy (non-hydrogen) atoms. The summed E-state index contributed by atoms with van der Waals surface area (Å²) in [7, 11) is 0. The fourth-order valence-electron chi connectivity index (χ4n) is 1.21. The van der Waals surface area contributed by atoms with Crippen molar-refractivity contribution < 1.29 is 4.79 Å². The number of carbonyl (C=O) groups excluding carboxylic acids is 1. The molecule has 1 amide bonds. The summed E-state index contributed by atoms with van der Waals surface area (Å²) in [6.45, 7) is 4.19. The van der Waals surface area contributed by atoms with Crippen LogP contribution in [0.1, 0.15) is 37.0 Å². The van der Waals surface area contributed by atoms with Crippen LogP contribution in [0, 0.1) is 0 Å². The molecule has 0 saturated heterocycles. The maximum Gasteiger partial charge on any atom is 0.251 e. The third kappa shape index (κ3) is 3.19. The molecule has 0 unspecified atom stereocenters. The van der Waals surface area contributed by atoms with Gasteiger partial charge in [0.2, 0.25) is 5.95 Å². The van der Waals surface area contributed by atoms with E-state index >= 15 is 0 Å². The van der Waals surface area contributed by atoms with Crippen molar-refractivity contribution in [3.8, 4) is 0 Å². The standard InChI is InChI=1S/C10H16N4O/c1-3-8(4-2)14-10-12-5-7(6-13-10)9(11)15/h5-6,8H,3-4H2,1-2H3,(H2,11,15)(H,12,13,14). The van der Waals surface area contributed by atoms with Crippen molar-refractivity contribution in [2.75, 3.05) is 5.32 Å². The second-order valence-corrected chi connectivity index (χ2v) is 3.32. The Morgan fingerprint density at radius 1 is 1.40 bits per heavy atom. The van der Waals surface area contributed by atoms with E-state index in [1.807, 2.05) is 0 Å². The zero-order chi connectivity index (χ0) is 11.3. The van der Waals surface area contributed by atoms with Crippen LogP contribution in [0.3, 0.4) is 0 Å². The molecule has 0 spiro atoms. The Labute approximate surface area is 89.1 Å². The smallest absolute Gasteiger partial charge is 0.251 e. The number of aromatic nitrogens is 2. The predicted octanol–water partition coefficient (Wildman–Crippen LogP) is 1.18. The molecule has 0 saturated carbocycles. The summed E-state index contributed by atoms with van der Waals surface area (Å²) in [6, 6.07) is 0.365. The van der Waals surface area contributed by atoms with Gasteiger partial charge in [0, 0.05) is 18.4 Å². The highest BCUT2D eigenvalue weighted by molar-refractivity contribution is 5.92. The Balaban J connectivity index is 2.67. The molecule has 0 aliphatic rings. The van der Waals surface area contributed by atoms with E-state index in [2.05, 4.69) is 29.1 Å². The molecule has 82 valence electrons. The van der Waals surface area contributed by atoms with Gasteiger partial charge in [0.05, 0.1) is 5.56 Å². The summed E-state index contributed by atoms with van der Waals surface area (Å²) in [4.78, 5) is 18.8. The first-order valence-electron chi connectivity index (χ1n) is 5.05. The quantitative estimate of drug-likeness (QED) is 0.761. The van der Waals surface area contributed by atoms with Crippen molar-refractivity contribution >= 4 is 11.9 Å². The average molecular weight is 208 g/mol. The molecule has 5 heteroatoms. The first kappa shape index (κ1) is 11.4. The number of nitrogens with zero attached hydrogens (tertiary/aromatic N) is 2. The third-order valence-corrected chi connectivity index (χ3v) is 2.26. The first-order valence-corrected chi connectivity index (χ1v) is 5.05. The topological polar surface area (TPSA) is 80.9 Å². The van der Waals surface area contributed by atoms with Gasteiger partial charge in [-0.05, 0) is 12.8 Å². The van der Waals surface area contributed by atoms with E-state index in [4.69, 9.17) is 5.73 Å². The fourth-order valence-corrected chi connectivity index (χ4v) is 1.21. The minimum Gasteiger partial charge on any atom is -0.366 e. The number of nitrogens with one attached hydrogen (secondary N) is 1. The van der Waals surface area contributed by atoms with Gasteiger partial charge in [0.15, 0.2) is 0 Å². The average Bonchev–Trinajstić information content (AvgIpc) is 2.26. The summed E-state index contributed by atoms with van der Waals surface area (Å²) in [6.07, 6.45) is 4.88. The number of nitrogens with two attached hydrogens (primary N) is 1. The van der Waals surface area contributed by atoms with Gasteiger partial charge in [0.25, 0.3) is 5.91 Å². The van der Waals surface area contributed by atoms with Gasteiger partial charge in [-0.1, -0.05) is 13.8 Å². The van der Waals surface area contributed by atoms with Crippen LogP contribution in [0.4, 0.5) is 5.95 Å². The van der Waals surface area contributed by atoms with Crippen molar-refractivity contribution in [3.05, 3.63) is 18.0 Å². The van der Waals surface area contributed by atoms with Crippen molar-refractivity contribution in [3.63, 3.8) is 0 Å². The molecule has 0 aromatic carbocycles.